The average Bonchev–Trinajstić information content (AvgIpc) is 2.33. The number of hydrogen-bond donors (Lipinski definition) is 1. The van der Waals surface area contributed by atoms with Crippen molar-refractivity contribution in [3.63, 3.8) is 0 Å². The Hall–Kier alpha value is -1.06. The van der Waals surface area contributed by atoms with Crippen LogP contribution in [0.4, 0.5) is 4.79 Å². The molecule has 0 aliphatic heterocycles. The van der Waals surface area contributed by atoms with E-state index in [9.17, 15) is 9.59 Å². The van der Waals surface area contributed by atoms with Crippen molar-refractivity contribution in [2.45, 2.75) is 77.4 Å². The number of carbonyl (C=O) groups excluding carboxylic acids is 2. The maximum absolute atomic E-state index is 11.6. The van der Waals surface area contributed by atoms with Gasteiger partial charge in [0.05, 0.1) is 6.04 Å². The van der Waals surface area contributed by atoms with E-state index in [0.29, 0.717) is 6.42 Å². The van der Waals surface area contributed by atoms with E-state index in [1.807, 2.05) is 20.8 Å². The van der Waals surface area contributed by atoms with E-state index in [1.165, 1.54) is 32.1 Å². The van der Waals surface area contributed by atoms with Crippen LogP contribution in [0.15, 0.2) is 0 Å². The van der Waals surface area contributed by atoms with E-state index in [1.54, 1.807) is 0 Å². The van der Waals surface area contributed by atoms with Crippen molar-refractivity contribution >= 4 is 12.4 Å². The van der Waals surface area contributed by atoms with Gasteiger partial charge in [0.25, 0.3) is 0 Å². The van der Waals surface area contributed by atoms with Gasteiger partial charge < -0.3 is 14.8 Å². The predicted molar refractivity (Wildman–Crippen MR) is 75.0 cm³/mol. The summed E-state index contributed by atoms with van der Waals surface area (Å²) in [7, 11) is 0. The minimum atomic E-state index is -0.527. The summed E-state index contributed by atoms with van der Waals surface area (Å²) >= 11 is 0. The Balaban J connectivity index is 2.28. The molecule has 0 bridgehead atoms. The molecule has 1 rings (SSSR count). The normalized spacial score (nSPS) is 18.7. The quantitative estimate of drug-likeness (QED) is 0.778. The van der Waals surface area contributed by atoms with Crippen molar-refractivity contribution in [3.05, 3.63) is 0 Å². The summed E-state index contributed by atoms with van der Waals surface area (Å²) in [6.07, 6.45) is 8.50. The van der Waals surface area contributed by atoms with Gasteiger partial charge in [0.15, 0.2) is 0 Å². The van der Waals surface area contributed by atoms with Gasteiger partial charge in [-0.05, 0) is 39.5 Å². The number of alkyl carbamates (subject to hydrolysis) is 1. The van der Waals surface area contributed by atoms with Crippen LogP contribution in [0.5, 0.6) is 0 Å². The van der Waals surface area contributed by atoms with Crippen LogP contribution in [0.3, 0.4) is 0 Å². The molecule has 1 fully saturated rings. The Morgan fingerprint density at radius 2 is 1.95 bits per heavy atom. The molecule has 1 saturated carbocycles. The molecule has 4 heteroatoms. The fourth-order valence-corrected chi connectivity index (χ4v) is 2.52. The van der Waals surface area contributed by atoms with Crippen molar-refractivity contribution in [1.29, 1.82) is 0 Å². The maximum Gasteiger partial charge on any atom is 0.408 e. The molecule has 0 spiro atoms. The van der Waals surface area contributed by atoms with E-state index in [0.717, 1.165) is 18.6 Å². The topological polar surface area (TPSA) is 55.4 Å². The van der Waals surface area contributed by atoms with Gasteiger partial charge in [0.1, 0.15) is 11.9 Å². The summed E-state index contributed by atoms with van der Waals surface area (Å²) < 4.78 is 5.15. The maximum atomic E-state index is 11.6. The number of nitrogens with one attached hydrogen (secondary N) is 1. The highest BCUT2D eigenvalue weighted by Gasteiger charge is 2.20. The molecule has 1 N–H and O–H groups in total. The van der Waals surface area contributed by atoms with E-state index in [2.05, 4.69) is 5.32 Å². The molecular weight excluding hydrogens is 242 g/mol. The molecule has 110 valence electrons. The number of ether oxygens (including phenoxy) is 1. The largest absolute Gasteiger partial charge is 0.444 e. The second kappa shape index (κ2) is 7.51. The highest BCUT2D eigenvalue weighted by atomic mass is 16.6. The van der Waals surface area contributed by atoms with Crippen molar-refractivity contribution in [3.8, 4) is 0 Å². The van der Waals surface area contributed by atoms with E-state index in [4.69, 9.17) is 4.74 Å². The Morgan fingerprint density at radius 1 is 1.32 bits per heavy atom. The van der Waals surface area contributed by atoms with Crippen LogP contribution in [0, 0.1) is 5.92 Å². The molecule has 0 unspecified atom stereocenters. The monoisotopic (exact) mass is 269 g/mol. The van der Waals surface area contributed by atoms with Crippen molar-refractivity contribution in [1.82, 2.24) is 5.32 Å². The Labute approximate surface area is 116 Å². The first kappa shape index (κ1) is 16.0. The third-order valence-electron chi connectivity index (χ3n) is 3.48. The summed E-state index contributed by atoms with van der Waals surface area (Å²) in [5.41, 5.74) is -0.527. The Bertz CT molecular complexity index is 290. The minimum Gasteiger partial charge on any atom is -0.444 e. The first-order valence-electron chi connectivity index (χ1n) is 7.35. The number of carbonyl (C=O) groups is 2. The zero-order chi connectivity index (χ0) is 14.3. The Kier molecular flexibility index (Phi) is 6.32. The molecule has 0 saturated heterocycles. The van der Waals surface area contributed by atoms with Crippen molar-refractivity contribution < 1.29 is 14.3 Å². The highest BCUT2D eigenvalue weighted by molar-refractivity contribution is 5.73. The fourth-order valence-electron chi connectivity index (χ4n) is 2.52. The first-order chi connectivity index (χ1) is 8.90. The van der Waals surface area contributed by atoms with E-state index in [-0.39, 0.29) is 0 Å². The molecule has 0 aromatic carbocycles. The lowest BCUT2D eigenvalue weighted by molar-refractivity contribution is -0.109. The SMILES string of the molecule is CC(C)(C)OC(=O)N[C@H](C=O)CCC1CCCCC1. The van der Waals surface area contributed by atoms with Gasteiger partial charge in [-0.1, -0.05) is 32.1 Å². The second-order valence-electron chi connectivity index (χ2n) is 6.47. The molecule has 1 atom stereocenters. The van der Waals surface area contributed by atoms with Crippen LogP contribution in [0.2, 0.25) is 0 Å². The molecular formula is C15H27NO3. The van der Waals surface area contributed by atoms with Gasteiger partial charge in [-0.2, -0.15) is 0 Å². The van der Waals surface area contributed by atoms with Gasteiger partial charge in [-0.15, -0.1) is 0 Å². The van der Waals surface area contributed by atoms with Gasteiger partial charge >= 0.3 is 6.09 Å². The van der Waals surface area contributed by atoms with Crippen LogP contribution in [0.25, 0.3) is 0 Å². The number of rotatable bonds is 5. The molecule has 4 nitrogen and oxygen atoms in total. The summed E-state index contributed by atoms with van der Waals surface area (Å²) in [5, 5.41) is 2.63. The number of hydrogen-bond acceptors (Lipinski definition) is 3. The van der Waals surface area contributed by atoms with Crippen LogP contribution < -0.4 is 5.32 Å². The lowest BCUT2D eigenvalue weighted by Crippen LogP contribution is -2.40. The molecule has 1 amide bonds. The number of aldehydes is 1. The molecule has 0 aromatic rings. The smallest absolute Gasteiger partial charge is 0.408 e. The molecule has 1 aliphatic rings. The third-order valence-corrected chi connectivity index (χ3v) is 3.48. The van der Waals surface area contributed by atoms with Crippen LogP contribution in [0.1, 0.15) is 65.7 Å². The van der Waals surface area contributed by atoms with Crippen LogP contribution in [-0.4, -0.2) is 24.0 Å². The standard InChI is InChI=1S/C15H27NO3/c1-15(2,3)19-14(18)16-13(11-17)10-9-12-7-5-4-6-8-12/h11-13H,4-10H2,1-3H3,(H,16,18)/t13-/m0/s1. The highest BCUT2D eigenvalue weighted by Crippen LogP contribution is 2.27. The molecule has 0 radical (unpaired) electrons. The zero-order valence-corrected chi connectivity index (χ0v) is 12.4. The van der Waals surface area contributed by atoms with Gasteiger partial charge in [-0.3, -0.25) is 0 Å². The number of amides is 1. The fraction of sp³-hybridized carbons (Fsp3) is 0.867. The van der Waals surface area contributed by atoms with Crippen LogP contribution in [-0.2, 0) is 9.53 Å². The van der Waals surface area contributed by atoms with E-state index < -0.39 is 17.7 Å². The van der Waals surface area contributed by atoms with Crippen molar-refractivity contribution in [2.75, 3.05) is 0 Å². The van der Waals surface area contributed by atoms with Gasteiger partial charge in [-0.25, -0.2) is 4.79 Å². The van der Waals surface area contributed by atoms with Crippen molar-refractivity contribution in [2.24, 2.45) is 5.92 Å². The predicted octanol–water partition coefficient (Wildman–Crippen LogP) is 3.44. The zero-order valence-electron chi connectivity index (χ0n) is 12.4. The minimum absolute atomic E-state index is 0.420. The lowest BCUT2D eigenvalue weighted by atomic mass is 9.85. The molecule has 0 heterocycles. The summed E-state index contributed by atoms with van der Waals surface area (Å²) in [6, 6.07) is -0.420. The summed E-state index contributed by atoms with van der Waals surface area (Å²) in [6.45, 7) is 5.43. The van der Waals surface area contributed by atoms with Crippen LogP contribution >= 0.6 is 0 Å². The summed E-state index contributed by atoms with van der Waals surface area (Å²) in [4.78, 5) is 22.6. The summed E-state index contributed by atoms with van der Waals surface area (Å²) in [5.74, 6) is 0.719. The van der Waals surface area contributed by atoms with Gasteiger partial charge in [0.2, 0.25) is 0 Å². The second-order valence-corrected chi connectivity index (χ2v) is 6.47. The Morgan fingerprint density at radius 3 is 2.47 bits per heavy atom. The van der Waals surface area contributed by atoms with Gasteiger partial charge in [0, 0.05) is 0 Å². The third kappa shape index (κ3) is 7.19. The first-order valence-corrected chi connectivity index (χ1v) is 7.35. The average molecular weight is 269 g/mol. The van der Waals surface area contributed by atoms with E-state index >= 15 is 0 Å². The lowest BCUT2D eigenvalue weighted by Gasteiger charge is -2.24. The molecule has 0 aromatic heterocycles. The molecule has 19 heavy (non-hydrogen) atoms. The molecule has 1 aliphatic carbocycles.